The lowest BCUT2D eigenvalue weighted by molar-refractivity contribution is -0.135. The van der Waals surface area contributed by atoms with Gasteiger partial charge in [0.2, 0.25) is 5.91 Å². The Morgan fingerprint density at radius 2 is 1.96 bits per heavy atom. The minimum Gasteiger partial charge on any atom is -0.353 e. The van der Waals surface area contributed by atoms with Gasteiger partial charge in [0, 0.05) is 18.6 Å². The maximum Gasteiger partial charge on any atom is 0.325 e. The third kappa shape index (κ3) is 4.19. The van der Waals surface area contributed by atoms with Gasteiger partial charge >= 0.3 is 6.03 Å². The van der Waals surface area contributed by atoms with Crippen LogP contribution in [0.15, 0.2) is 0 Å². The van der Waals surface area contributed by atoms with Crippen molar-refractivity contribution in [2.24, 2.45) is 5.92 Å². The van der Waals surface area contributed by atoms with Crippen LogP contribution in [0.3, 0.4) is 0 Å². The Hall–Kier alpha value is -1.63. The molecule has 2 fully saturated rings. The van der Waals surface area contributed by atoms with E-state index in [-0.39, 0.29) is 23.9 Å². The fraction of sp³-hybridized carbons (Fsp3) is 0.842. The summed E-state index contributed by atoms with van der Waals surface area (Å²) in [5, 5.41) is 5.66. The molecule has 26 heavy (non-hydrogen) atoms. The Morgan fingerprint density at radius 1 is 1.31 bits per heavy atom. The predicted molar refractivity (Wildman–Crippen MR) is 101 cm³/mol. The summed E-state index contributed by atoms with van der Waals surface area (Å²) < 4.78 is 0. The molecule has 0 aromatic carbocycles. The summed E-state index contributed by atoms with van der Waals surface area (Å²) in [6.45, 7) is 12.6. The molecular formula is C19H34N4O3. The lowest BCUT2D eigenvalue weighted by atomic mass is 9.93. The monoisotopic (exact) mass is 366 g/mol. The number of nitrogens with zero attached hydrogens (tertiary/aromatic N) is 2. The molecule has 2 heterocycles. The van der Waals surface area contributed by atoms with Crippen molar-refractivity contribution < 1.29 is 14.4 Å². The zero-order valence-electron chi connectivity index (χ0n) is 16.9. The quantitative estimate of drug-likeness (QED) is 0.672. The average molecular weight is 367 g/mol. The molecule has 0 aromatic heterocycles. The molecule has 1 atom stereocenters. The molecule has 0 spiro atoms. The van der Waals surface area contributed by atoms with Crippen molar-refractivity contribution in [1.29, 1.82) is 0 Å². The molecule has 148 valence electrons. The molecule has 2 rings (SSSR count). The Bertz CT molecular complexity index is 557. The van der Waals surface area contributed by atoms with Crippen LogP contribution in [0.25, 0.3) is 0 Å². The van der Waals surface area contributed by atoms with Crippen molar-refractivity contribution in [1.82, 2.24) is 20.4 Å². The van der Waals surface area contributed by atoms with E-state index < -0.39 is 11.6 Å². The topological polar surface area (TPSA) is 81.8 Å². The van der Waals surface area contributed by atoms with E-state index in [9.17, 15) is 14.4 Å². The molecule has 2 saturated heterocycles. The zero-order valence-corrected chi connectivity index (χ0v) is 16.9. The standard InChI is InChI=1S/C19H34N4O3/c1-6-19(7-2)16(25)23(17(26)21-19)12-15(24)20-13-18(4,5)22-10-8-9-14(3)11-22/h14H,6-13H2,1-5H3,(H,20,24)(H,21,26). The second kappa shape index (κ2) is 7.94. The first-order valence-corrected chi connectivity index (χ1v) is 9.81. The molecule has 0 radical (unpaired) electrons. The van der Waals surface area contributed by atoms with Gasteiger partial charge in [-0.15, -0.1) is 0 Å². The molecule has 0 bridgehead atoms. The number of imide groups is 1. The molecule has 0 saturated carbocycles. The highest BCUT2D eigenvalue weighted by Crippen LogP contribution is 2.25. The Balaban J connectivity index is 1.90. The van der Waals surface area contributed by atoms with Gasteiger partial charge in [-0.2, -0.15) is 0 Å². The smallest absolute Gasteiger partial charge is 0.325 e. The van der Waals surface area contributed by atoms with Crippen molar-refractivity contribution in [3.8, 4) is 0 Å². The number of likely N-dealkylation sites (tertiary alicyclic amines) is 1. The van der Waals surface area contributed by atoms with Crippen molar-refractivity contribution in [2.75, 3.05) is 26.2 Å². The Kier molecular flexibility index (Phi) is 6.32. The van der Waals surface area contributed by atoms with Gasteiger partial charge in [-0.1, -0.05) is 20.8 Å². The predicted octanol–water partition coefficient (Wildman–Crippen LogP) is 1.72. The summed E-state index contributed by atoms with van der Waals surface area (Å²) in [6, 6.07) is -0.474. The van der Waals surface area contributed by atoms with Crippen LogP contribution in [0, 0.1) is 5.92 Å². The number of amides is 4. The van der Waals surface area contributed by atoms with Crippen LogP contribution in [-0.2, 0) is 9.59 Å². The molecule has 2 aliphatic rings. The normalized spacial score (nSPS) is 23.9. The molecule has 0 aromatic rings. The van der Waals surface area contributed by atoms with Crippen molar-refractivity contribution >= 4 is 17.8 Å². The minimum atomic E-state index is -0.861. The largest absolute Gasteiger partial charge is 0.353 e. The van der Waals surface area contributed by atoms with Crippen LogP contribution in [0.5, 0.6) is 0 Å². The first-order valence-electron chi connectivity index (χ1n) is 9.81. The van der Waals surface area contributed by atoms with Gasteiger partial charge < -0.3 is 10.6 Å². The molecule has 0 aliphatic carbocycles. The maximum absolute atomic E-state index is 12.6. The van der Waals surface area contributed by atoms with Crippen LogP contribution in [0.1, 0.15) is 60.3 Å². The lowest BCUT2D eigenvalue weighted by Gasteiger charge is -2.43. The van der Waals surface area contributed by atoms with E-state index in [0.29, 0.717) is 25.3 Å². The highest BCUT2D eigenvalue weighted by Gasteiger charge is 2.49. The Labute approximate surface area is 156 Å². The zero-order chi connectivity index (χ0) is 19.5. The number of urea groups is 1. The van der Waals surface area contributed by atoms with Gasteiger partial charge in [-0.3, -0.25) is 19.4 Å². The first-order chi connectivity index (χ1) is 12.1. The van der Waals surface area contributed by atoms with E-state index in [1.165, 1.54) is 12.8 Å². The summed E-state index contributed by atoms with van der Waals surface area (Å²) in [5.74, 6) is 0.0715. The van der Waals surface area contributed by atoms with Crippen molar-refractivity contribution in [2.45, 2.75) is 71.4 Å². The van der Waals surface area contributed by atoms with E-state index in [1.54, 1.807) is 0 Å². The lowest BCUT2D eigenvalue weighted by Crippen LogP contribution is -2.55. The van der Waals surface area contributed by atoms with Crippen molar-refractivity contribution in [3.63, 3.8) is 0 Å². The minimum absolute atomic E-state index is 0.155. The molecule has 1 unspecified atom stereocenters. The van der Waals surface area contributed by atoms with E-state index >= 15 is 0 Å². The van der Waals surface area contributed by atoms with Crippen LogP contribution >= 0.6 is 0 Å². The van der Waals surface area contributed by atoms with Gasteiger partial charge in [0.05, 0.1) is 0 Å². The second-order valence-corrected chi connectivity index (χ2v) is 8.39. The van der Waals surface area contributed by atoms with E-state index in [1.807, 2.05) is 13.8 Å². The molecular weight excluding hydrogens is 332 g/mol. The first kappa shape index (κ1) is 20.7. The Morgan fingerprint density at radius 3 is 2.50 bits per heavy atom. The third-order valence-electron chi connectivity index (χ3n) is 5.99. The number of hydrogen-bond donors (Lipinski definition) is 2. The number of piperidine rings is 1. The van der Waals surface area contributed by atoms with E-state index in [2.05, 4.69) is 36.3 Å². The summed E-state index contributed by atoms with van der Waals surface area (Å²) in [4.78, 5) is 40.5. The third-order valence-corrected chi connectivity index (χ3v) is 5.99. The highest BCUT2D eigenvalue weighted by molar-refractivity contribution is 6.08. The van der Waals surface area contributed by atoms with Gasteiger partial charge in [-0.05, 0) is 52.0 Å². The fourth-order valence-corrected chi connectivity index (χ4v) is 3.91. The SMILES string of the molecule is CCC1(CC)NC(=O)N(CC(=O)NCC(C)(C)N2CCCC(C)C2)C1=O. The van der Waals surface area contributed by atoms with Crippen LogP contribution in [-0.4, -0.2) is 64.9 Å². The van der Waals surface area contributed by atoms with Gasteiger partial charge in [0.15, 0.2) is 0 Å². The highest BCUT2D eigenvalue weighted by atomic mass is 16.2. The van der Waals surface area contributed by atoms with E-state index in [4.69, 9.17) is 0 Å². The van der Waals surface area contributed by atoms with Crippen LogP contribution < -0.4 is 10.6 Å². The molecule has 4 amide bonds. The van der Waals surface area contributed by atoms with Gasteiger partial charge in [0.1, 0.15) is 12.1 Å². The van der Waals surface area contributed by atoms with E-state index in [0.717, 1.165) is 18.0 Å². The molecule has 7 heteroatoms. The van der Waals surface area contributed by atoms with Gasteiger partial charge in [0.25, 0.3) is 5.91 Å². The van der Waals surface area contributed by atoms with Crippen molar-refractivity contribution in [3.05, 3.63) is 0 Å². The number of carbonyl (C=O) groups excluding carboxylic acids is 3. The molecule has 2 N–H and O–H groups in total. The number of rotatable bonds is 7. The molecule has 7 nitrogen and oxygen atoms in total. The summed E-state index contributed by atoms with van der Waals surface area (Å²) in [6.07, 6.45) is 3.47. The number of nitrogens with one attached hydrogen (secondary N) is 2. The second-order valence-electron chi connectivity index (χ2n) is 8.39. The number of carbonyl (C=O) groups is 3. The molecule has 2 aliphatic heterocycles. The maximum atomic E-state index is 12.6. The summed E-state index contributed by atoms with van der Waals surface area (Å²) in [5.41, 5.74) is -1.02. The summed E-state index contributed by atoms with van der Waals surface area (Å²) in [7, 11) is 0. The van der Waals surface area contributed by atoms with Crippen LogP contribution in [0.4, 0.5) is 4.79 Å². The summed E-state index contributed by atoms with van der Waals surface area (Å²) >= 11 is 0. The number of hydrogen-bond acceptors (Lipinski definition) is 4. The van der Waals surface area contributed by atoms with Gasteiger partial charge in [-0.25, -0.2) is 4.79 Å². The van der Waals surface area contributed by atoms with Crippen LogP contribution in [0.2, 0.25) is 0 Å². The fourth-order valence-electron chi connectivity index (χ4n) is 3.91. The average Bonchev–Trinajstić information content (AvgIpc) is 2.85.